The van der Waals surface area contributed by atoms with Gasteiger partial charge >= 0.3 is 0 Å². The van der Waals surface area contributed by atoms with Gasteiger partial charge in [-0.3, -0.25) is 0 Å². The Morgan fingerprint density at radius 2 is 1.94 bits per heavy atom. The number of hydrogen-bond donors (Lipinski definition) is 1. The number of fused-ring (bicyclic) bond motifs is 2. The lowest BCUT2D eigenvalue weighted by Crippen LogP contribution is -2.46. The van der Waals surface area contributed by atoms with Crippen molar-refractivity contribution >= 4 is 0 Å². The molecule has 0 aliphatic carbocycles. The summed E-state index contributed by atoms with van der Waals surface area (Å²) in [4.78, 5) is 2.63. The van der Waals surface area contributed by atoms with E-state index in [0.717, 1.165) is 12.0 Å². The van der Waals surface area contributed by atoms with E-state index in [1.54, 1.807) is 0 Å². The maximum absolute atomic E-state index is 3.89. The Labute approximate surface area is 114 Å². The van der Waals surface area contributed by atoms with E-state index in [0.29, 0.717) is 5.41 Å². The van der Waals surface area contributed by atoms with E-state index >= 15 is 0 Å². The van der Waals surface area contributed by atoms with Crippen LogP contribution < -0.4 is 5.32 Å². The largest absolute Gasteiger partial charge is 0.313 e. The lowest BCUT2D eigenvalue weighted by molar-refractivity contribution is 0.198. The molecule has 2 aliphatic heterocycles. The average molecular weight is 252 g/mol. The molecular weight excluding hydrogens is 220 g/mol. The van der Waals surface area contributed by atoms with E-state index in [9.17, 15) is 0 Å². The van der Waals surface area contributed by atoms with Crippen molar-refractivity contribution in [3.63, 3.8) is 0 Å². The van der Waals surface area contributed by atoms with Crippen LogP contribution in [0.2, 0.25) is 0 Å². The van der Waals surface area contributed by atoms with Gasteiger partial charge < -0.3 is 10.2 Å². The van der Waals surface area contributed by atoms with Crippen molar-refractivity contribution in [2.75, 3.05) is 26.2 Å². The highest BCUT2D eigenvalue weighted by Crippen LogP contribution is 2.29. The van der Waals surface area contributed by atoms with Gasteiger partial charge in [-0.1, -0.05) is 40.0 Å². The fourth-order valence-electron chi connectivity index (χ4n) is 3.57. The molecule has 0 saturated carbocycles. The lowest BCUT2D eigenvalue weighted by atomic mass is 9.85. The van der Waals surface area contributed by atoms with Crippen LogP contribution in [0.5, 0.6) is 0 Å². The zero-order valence-electron chi connectivity index (χ0n) is 12.7. The molecule has 1 N–H and O–H groups in total. The normalized spacial score (nSPS) is 31.8. The summed E-state index contributed by atoms with van der Waals surface area (Å²) in [5.74, 6) is 0.935. The maximum atomic E-state index is 3.89. The number of nitrogens with one attached hydrogen (secondary N) is 1. The minimum atomic E-state index is 0.477. The van der Waals surface area contributed by atoms with Crippen molar-refractivity contribution in [3.05, 3.63) is 0 Å². The minimum Gasteiger partial charge on any atom is -0.313 e. The van der Waals surface area contributed by atoms with Crippen LogP contribution in [0.1, 0.15) is 59.3 Å². The summed E-state index contributed by atoms with van der Waals surface area (Å²) in [7, 11) is 0. The van der Waals surface area contributed by atoms with Crippen molar-refractivity contribution < 1.29 is 0 Å². The van der Waals surface area contributed by atoms with E-state index in [4.69, 9.17) is 0 Å². The van der Waals surface area contributed by atoms with Crippen molar-refractivity contribution in [2.45, 2.75) is 65.3 Å². The third-order valence-electron chi connectivity index (χ3n) is 4.93. The topological polar surface area (TPSA) is 15.3 Å². The molecule has 2 bridgehead atoms. The molecule has 0 spiro atoms. The maximum Gasteiger partial charge on any atom is 0.0120 e. The summed E-state index contributed by atoms with van der Waals surface area (Å²) in [6.07, 6.45) is 8.29. The van der Waals surface area contributed by atoms with Crippen molar-refractivity contribution in [1.29, 1.82) is 0 Å². The molecular formula is C16H32N2. The van der Waals surface area contributed by atoms with Gasteiger partial charge in [0.25, 0.3) is 0 Å². The molecule has 106 valence electrons. The van der Waals surface area contributed by atoms with Gasteiger partial charge in [-0.05, 0) is 43.7 Å². The van der Waals surface area contributed by atoms with Crippen molar-refractivity contribution in [3.8, 4) is 0 Å². The van der Waals surface area contributed by atoms with E-state index in [-0.39, 0.29) is 0 Å². The second kappa shape index (κ2) is 6.38. The summed E-state index contributed by atoms with van der Waals surface area (Å²) >= 11 is 0. The molecule has 0 aromatic rings. The van der Waals surface area contributed by atoms with Crippen LogP contribution in [-0.4, -0.2) is 37.1 Å². The molecule has 2 rings (SSSR count). The number of piperidine rings is 1. The van der Waals surface area contributed by atoms with Gasteiger partial charge in [-0.25, -0.2) is 0 Å². The first kappa shape index (κ1) is 14.3. The first-order chi connectivity index (χ1) is 8.61. The monoisotopic (exact) mass is 252 g/mol. The number of rotatable bonds is 7. The molecule has 2 nitrogen and oxygen atoms in total. The Kier molecular flexibility index (Phi) is 5.08. The molecule has 0 radical (unpaired) electrons. The third kappa shape index (κ3) is 3.96. The number of unbranched alkanes of at least 4 members (excludes halogenated alkanes) is 2. The molecule has 0 aromatic carbocycles. The lowest BCUT2D eigenvalue weighted by Gasteiger charge is -2.34. The average Bonchev–Trinajstić information content (AvgIpc) is 2.71. The minimum absolute atomic E-state index is 0.477. The summed E-state index contributed by atoms with van der Waals surface area (Å²) in [5.41, 5.74) is 0.477. The summed E-state index contributed by atoms with van der Waals surface area (Å²) in [5, 5.41) is 3.89. The third-order valence-corrected chi connectivity index (χ3v) is 4.93. The van der Waals surface area contributed by atoms with E-state index in [1.165, 1.54) is 64.7 Å². The first-order valence-electron chi connectivity index (χ1n) is 8.06. The van der Waals surface area contributed by atoms with Gasteiger partial charge in [-0.2, -0.15) is 0 Å². The van der Waals surface area contributed by atoms with E-state index < -0.39 is 0 Å². The molecule has 2 fully saturated rings. The fraction of sp³-hybridized carbons (Fsp3) is 1.00. The predicted molar refractivity (Wildman–Crippen MR) is 78.9 cm³/mol. The Bertz CT molecular complexity index is 249. The Hall–Kier alpha value is -0.0800. The molecule has 3 atom stereocenters. The second-order valence-corrected chi connectivity index (χ2v) is 7.25. The Morgan fingerprint density at radius 3 is 2.72 bits per heavy atom. The van der Waals surface area contributed by atoms with Gasteiger partial charge in [0.05, 0.1) is 0 Å². The number of nitrogens with zero attached hydrogens (tertiary/aromatic N) is 1. The van der Waals surface area contributed by atoms with Gasteiger partial charge in [0.2, 0.25) is 0 Å². The van der Waals surface area contributed by atoms with Gasteiger partial charge in [0, 0.05) is 19.1 Å². The van der Waals surface area contributed by atoms with Crippen LogP contribution >= 0.6 is 0 Å². The molecule has 2 heterocycles. The molecule has 0 aromatic heterocycles. The highest BCUT2D eigenvalue weighted by atomic mass is 15.2. The fourth-order valence-corrected chi connectivity index (χ4v) is 3.57. The van der Waals surface area contributed by atoms with Crippen LogP contribution in [0.15, 0.2) is 0 Å². The SMILES string of the molecule is CCCCCC(C)(C)CNC1CCN2CCC1C2. The van der Waals surface area contributed by atoms with Gasteiger partial charge in [-0.15, -0.1) is 0 Å². The standard InChI is InChI=1S/C16H32N2/c1-4-5-6-9-16(2,3)13-17-15-8-11-18-10-7-14(15)12-18/h14-15,17H,4-13H2,1-3H3. The molecule has 2 saturated heterocycles. The van der Waals surface area contributed by atoms with Crippen LogP contribution in [0, 0.1) is 11.3 Å². The molecule has 2 aliphatic rings. The van der Waals surface area contributed by atoms with Crippen molar-refractivity contribution in [2.24, 2.45) is 11.3 Å². The van der Waals surface area contributed by atoms with E-state index in [2.05, 4.69) is 31.0 Å². The second-order valence-electron chi connectivity index (χ2n) is 7.25. The van der Waals surface area contributed by atoms with E-state index in [1.807, 2.05) is 0 Å². The molecule has 3 unspecified atom stereocenters. The zero-order valence-corrected chi connectivity index (χ0v) is 12.7. The Morgan fingerprint density at radius 1 is 1.17 bits per heavy atom. The van der Waals surface area contributed by atoms with Gasteiger partial charge in [0.15, 0.2) is 0 Å². The smallest absolute Gasteiger partial charge is 0.0120 e. The summed E-state index contributed by atoms with van der Waals surface area (Å²) in [6, 6.07) is 0.800. The van der Waals surface area contributed by atoms with Crippen LogP contribution in [0.4, 0.5) is 0 Å². The number of hydrogen-bond acceptors (Lipinski definition) is 2. The predicted octanol–water partition coefficient (Wildman–Crippen LogP) is 3.28. The molecule has 0 amide bonds. The van der Waals surface area contributed by atoms with Gasteiger partial charge in [0.1, 0.15) is 0 Å². The summed E-state index contributed by atoms with van der Waals surface area (Å²) in [6.45, 7) is 12.4. The highest BCUT2D eigenvalue weighted by molar-refractivity contribution is 4.91. The molecule has 2 heteroatoms. The quantitative estimate of drug-likeness (QED) is 0.700. The summed E-state index contributed by atoms with van der Waals surface area (Å²) < 4.78 is 0. The zero-order chi connectivity index (χ0) is 13.0. The highest BCUT2D eigenvalue weighted by Gasteiger charge is 2.34. The van der Waals surface area contributed by atoms with Crippen LogP contribution in [0.25, 0.3) is 0 Å². The first-order valence-corrected chi connectivity index (χ1v) is 8.06. The van der Waals surface area contributed by atoms with Crippen LogP contribution in [-0.2, 0) is 0 Å². The Balaban J connectivity index is 1.69. The van der Waals surface area contributed by atoms with Crippen LogP contribution in [0.3, 0.4) is 0 Å². The van der Waals surface area contributed by atoms with Crippen molar-refractivity contribution in [1.82, 2.24) is 10.2 Å². The molecule has 18 heavy (non-hydrogen) atoms.